The second-order valence-electron chi connectivity index (χ2n) is 5.98. The second kappa shape index (κ2) is 8.06. The summed E-state index contributed by atoms with van der Waals surface area (Å²) in [6.07, 6.45) is 3.84. The molecule has 0 bridgehead atoms. The van der Waals surface area contributed by atoms with Crippen molar-refractivity contribution in [1.82, 2.24) is 14.9 Å². The molecule has 1 atom stereocenters. The minimum atomic E-state index is -0.370. The van der Waals surface area contributed by atoms with Crippen LogP contribution < -0.4 is 10.1 Å². The Hall–Kier alpha value is -2.79. The van der Waals surface area contributed by atoms with Crippen LogP contribution >= 0.6 is 11.6 Å². The van der Waals surface area contributed by atoms with Crippen LogP contribution in [-0.4, -0.2) is 22.6 Å². The lowest BCUT2D eigenvalue weighted by Gasteiger charge is -2.20. The molecular weight excluding hydrogens is 350 g/mol. The van der Waals surface area contributed by atoms with Crippen molar-refractivity contribution >= 4 is 17.5 Å². The van der Waals surface area contributed by atoms with Crippen molar-refractivity contribution in [2.75, 3.05) is 7.11 Å². The highest BCUT2D eigenvalue weighted by molar-refractivity contribution is 6.30. The van der Waals surface area contributed by atoms with Crippen molar-refractivity contribution < 1.29 is 9.53 Å². The summed E-state index contributed by atoms with van der Waals surface area (Å²) in [5, 5.41) is 3.73. The number of nitrogens with one attached hydrogen (secondary N) is 1. The molecule has 1 heterocycles. The first kappa shape index (κ1) is 18.0. The number of methoxy groups -OCH3 is 1. The number of ether oxygens (including phenoxy) is 1. The molecule has 2 aromatic carbocycles. The first-order valence-electron chi connectivity index (χ1n) is 8.22. The van der Waals surface area contributed by atoms with Gasteiger partial charge in [-0.3, -0.25) is 4.79 Å². The van der Waals surface area contributed by atoms with Crippen molar-refractivity contribution in [3.05, 3.63) is 82.9 Å². The molecule has 0 radical (unpaired) electrons. The lowest BCUT2D eigenvalue weighted by Crippen LogP contribution is -2.32. The summed E-state index contributed by atoms with van der Waals surface area (Å²) < 4.78 is 7.21. The molecule has 0 fully saturated rings. The molecule has 5 nitrogen and oxygen atoms in total. The highest BCUT2D eigenvalue weighted by Crippen LogP contribution is 2.24. The summed E-state index contributed by atoms with van der Waals surface area (Å²) in [6, 6.07) is 14.5. The van der Waals surface area contributed by atoms with Crippen molar-refractivity contribution in [1.29, 1.82) is 0 Å². The van der Waals surface area contributed by atoms with Crippen LogP contribution in [0.15, 0.2) is 60.9 Å². The Kier molecular flexibility index (Phi) is 5.58. The number of carbonyl (C=O) groups excluding carboxylic acids is 1. The smallest absolute Gasteiger partial charge is 0.225 e. The monoisotopic (exact) mass is 369 g/mol. The van der Waals surface area contributed by atoms with Gasteiger partial charge in [0.1, 0.15) is 17.6 Å². The summed E-state index contributed by atoms with van der Waals surface area (Å²) in [5.74, 6) is 1.39. The van der Waals surface area contributed by atoms with E-state index in [0.29, 0.717) is 5.02 Å². The van der Waals surface area contributed by atoms with E-state index in [0.717, 1.165) is 22.7 Å². The Labute approximate surface area is 157 Å². The molecular formula is C20H20ClN3O2. The summed E-state index contributed by atoms with van der Waals surface area (Å²) >= 11 is 5.90. The zero-order valence-electron chi connectivity index (χ0n) is 14.6. The van der Waals surface area contributed by atoms with Gasteiger partial charge in [0.2, 0.25) is 5.91 Å². The number of aryl methyl sites for hydroxylation is 1. The van der Waals surface area contributed by atoms with E-state index in [2.05, 4.69) is 10.3 Å². The molecule has 1 aromatic heterocycles. The molecule has 1 N–H and O–H groups in total. The van der Waals surface area contributed by atoms with E-state index in [1.54, 1.807) is 25.4 Å². The van der Waals surface area contributed by atoms with Crippen LogP contribution in [0.5, 0.6) is 5.75 Å². The molecule has 0 saturated heterocycles. The van der Waals surface area contributed by atoms with Gasteiger partial charge in [-0.1, -0.05) is 35.9 Å². The van der Waals surface area contributed by atoms with Gasteiger partial charge >= 0.3 is 0 Å². The van der Waals surface area contributed by atoms with Gasteiger partial charge in [-0.15, -0.1) is 0 Å². The largest absolute Gasteiger partial charge is 0.497 e. The third-order valence-corrected chi connectivity index (χ3v) is 4.38. The van der Waals surface area contributed by atoms with Crippen LogP contribution in [0.4, 0.5) is 0 Å². The molecule has 0 aliphatic heterocycles. The fraction of sp³-hybridized carbons (Fsp3) is 0.200. The molecule has 3 rings (SSSR count). The maximum absolute atomic E-state index is 12.6. The molecule has 6 heteroatoms. The Bertz CT molecular complexity index is 890. The van der Waals surface area contributed by atoms with Crippen LogP contribution in [0.3, 0.4) is 0 Å². The van der Waals surface area contributed by atoms with E-state index in [-0.39, 0.29) is 18.4 Å². The number of halogens is 1. The van der Waals surface area contributed by atoms with E-state index >= 15 is 0 Å². The maximum Gasteiger partial charge on any atom is 0.225 e. The summed E-state index contributed by atoms with van der Waals surface area (Å²) in [6.45, 7) is 0. The normalized spacial score (nSPS) is 11.8. The van der Waals surface area contributed by atoms with Crippen LogP contribution in [0.1, 0.15) is 23.0 Å². The number of imidazole rings is 1. The van der Waals surface area contributed by atoms with Gasteiger partial charge in [-0.05, 0) is 35.4 Å². The molecule has 1 amide bonds. The zero-order chi connectivity index (χ0) is 18.5. The topological polar surface area (TPSA) is 56.1 Å². The predicted octanol–water partition coefficient (Wildman–Crippen LogP) is 3.53. The van der Waals surface area contributed by atoms with Gasteiger partial charge in [0.15, 0.2) is 0 Å². The first-order chi connectivity index (χ1) is 12.6. The zero-order valence-corrected chi connectivity index (χ0v) is 15.4. The lowest BCUT2D eigenvalue weighted by atomic mass is 10.0. The number of aromatic nitrogens is 2. The van der Waals surface area contributed by atoms with E-state index < -0.39 is 0 Å². The average Bonchev–Trinajstić information content (AvgIpc) is 3.07. The standard InChI is InChI=1S/C20H20ClN3O2/c1-24-11-10-22-20(24)19(15-4-3-5-17(13-15)26-2)23-18(25)12-14-6-8-16(21)9-7-14/h3-11,13,19H,12H2,1-2H3,(H,23,25)/t19-/m1/s1. The first-order valence-corrected chi connectivity index (χ1v) is 8.59. The Balaban J connectivity index is 1.85. The Morgan fingerprint density at radius 1 is 1.27 bits per heavy atom. The SMILES string of the molecule is COc1cccc([C@@H](NC(=O)Cc2ccc(Cl)cc2)c2nccn2C)c1. The van der Waals surface area contributed by atoms with E-state index in [1.807, 2.05) is 54.2 Å². The number of amides is 1. The Morgan fingerprint density at radius 2 is 2.04 bits per heavy atom. The van der Waals surface area contributed by atoms with Crippen LogP contribution in [0.2, 0.25) is 5.02 Å². The van der Waals surface area contributed by atoms with Gasteiger partial charge in [0, 0.05) is 24.5 Å². The van der Waals surface area contributed by atoms with Crippen LogP contribution in [0.25, 0.3) is 0 Å². The van der Waals surface area contributed by atoms with Gasteiger partial charge < -0.3 is 14.6 Å². The minimum Gasteiger partial charge on any atom is -0.497 e. The summed E-state index contributed by atoms with van der Waals surface area (Å²) in [5.41, 5.74) is 1.80. The van der Waals surface area contributed by atoms with Gasteiger partial charge in [0.05, 0.1) is 13.5 Å². The molecule has 0 aliphatic rings. The Morgan fingerprint density at radius 3 is 2.69 bits per heavy atom. The highest BCUT2D eigenvalue weighted by atomic mass is 35.5. The van der Waals surface area contributed by atoms with Gasteiger partial charge in [-0.25, -0.2) is 4.98 Å². The van der Waals surface area contributed by atoms with Crippen LogP contribution in [-0.2, 0) is 18.3 Å². The number of hydrogen-bond donors (Lipinski definition) is 1. The fourth-order valence-corrected chi connectivity index (χ4v) is 2.90. The molecule has 0 unspecified atom stereocenters. The molecule has 134 valence electrons. The van der Waals surface area contributed by atoms with Crippen molar-refractivity contribution in [2.24, 2.45) is 7.05 Å². The summed E-state index contributed by atoms with van der Waals surface area (Å²) in [4.78, 5) is 17.0. The minimum absolute atomic E-state index is 0.0943. The number of nitrogens with zero attached hydrogens (tertiary/aromatic N) is 2. The number of carbonyl (C=O) groups is 1. The number of benzene rings is 2. The number of rotatable bonds is 6. The van der Waals surface area contributed by atoms with E-state index in [9.17, 15) is 4.79 Å². The second-order valence-corrected chi connectivity index (χ2v) is 6.41. The highest BCUT2D eigenvalue weighted by Gasteiger charge is 2.21. The predicted molar refractivity (Wildman–Crippen MR) is 101 cm³/mol. The molecule has 0 aliphatic carbocycles. The van der Waals surface area contributed by atoms with Crippen molar-refractivity contribution in [3.63, 3.8) is 0 Å². The quantitative estimate of drug-likeness (QED) is 0.723. The van der Waals surface area contributed by atoms with Crippen molar-refractivity contribution in [3.8, 4) is 5.75 Å². The van der Waals surface area contributed by atoms with Crippen LogP contribution in [0, 0.1) is 0 Å². The molecule has 26 heavy (non-hydrogen) atoms. The molecule has 3 aromatic rings. The van der Waals surface area contributed by atoms with E-state index in [1.165, 1.54) is 0 Å². The molecule has 0 spiro atoms. The molecule has 0 saturated carbocycles. The maximum atomic E-state index is 12.6. The van der Waals surface area contributed by atoms with E-state index in [4.69, 9.17) is 16.3 Å². The average molecular weight is 370 g/mol. The lowest BCUT2D eigenvalue weighted by molar-refractivity contribution is -0.121. The van der Waals surface area contributed by atoms with Gasteiger partial charge in [-0.2, -0.15) is 0 Å². The van der Waals surface area contributed by atoms with Gasteiger partial charge in [0.25, 0.3) is 0 Å². The van der Waals surface area contributed by atoms with Crippen molar-refractivity contribution in [2.45, 2.75) is 12.5 Å². The summed E-state index contributed by atoms with van der Waals surface area (Å²) in [7, 11) is 3.52. The third-order valence-electron chi connectivity index (χ3n) is 4.13. The third kappa shape index (κ3) is 4.24. The fourth-order valence-electron chi connectivity index (χ4n) is 2.77. The number of hydrogen-bond acceptors (Lipinski definition) is 3.